The smallest absolute Gasteiger partial charge is 0.197 e. The third kappa shape index (κ3) is 4.70. The van der Waals surface area contributed by atoms with Crippen LogP contribution < -0.4 is 9.64 Å². The highest BCUT2D eigenvalue weighted by Crippen LogP contribution is 2.34. The van der Waals surface area contributed by atoms with Crippen LogP contribution in [-0.4, -0.2) is 59.5 Å². The number of para-hydroxylation sites is 2. The van der Waals surface area contributed by atoms with E-state index in [1.54, 1.807) is 11.7 Å². The number of hydrogen-bond acceptors (Lipinski definition) is 5. The molecule has 0 radical (unpaired) electrons. The predicted molar refractivity (Wildman–Crippen MR) is 117 cm³/mol. The van der Waals surface area contributed by atoms with E-state index in [-0.39, 0.29) is 11.8 Å². The van der Waals surface area contributed by atoms with Crippen molar-refractivity contribution in [2.75, 3.05) is 44.7 Å². The van der Waals surface area contributed by atoms with Crippen molar-refractivity contribution in [3.63, 3.8) is 0 Å². The minimum absolute atomic E-state index is 0.183. The Balaban J connectivity index is 1.51. The molecule has 0 aliphatic carbocycles. The Kier molecular flexibility index (Phi) is 7.09. The fourth-order valence-electron chi connectivity index (χ4n) is 4.02. The summed E-state index contributed by atoms with van der Waals surface area (Å²) in [6.45, 7) is 9.29. The molecule has 3 rings (SSSR count). The van der Waals surface area contributed by atoms with Crippen LogP contribution in [0.5, 0.6) is 17.5 Å². The van der Waals surface area contributed by atoms with Crippen LogP contribution in [-0.2, 0) is 13.0 Å². The maximum Gasteiger partial charge on any atom is 0.197 e. The number of benzene rings is 1. The van der Waals surface area contributed by atoms with Gasteiger partial charge >= 0.3 is 0 Å². The molecule has 1 aromatic carbocycles. The lowest BCUT2D eigenvalue weighted by molar-refractivity contribution is 0.245. The predicted octanol–water partition coefficient (Wildman–Crippen LogP) is 3.55. The van der Waals surface area contributed by atoms with E-state index in [0.717, 1.165) is 61.7 Å². The molecule has 29 heavy (non-hydrogen) atoms. The number of aromatic hydroxyl groups is 2. The molecule has 2 N–H and O–H groups in total. The van der Waals surface area contributed by atoms with Gasteiger partial charge in [-0.05, 0) is 45.4 Å². The van der Waals surface area contributed by atoms with E-state index in [1.807, 2.05) is 44.2 Å². The van der Waals surface area contributed by atoms with Gasteiger partial charge in [0.15, 0.2) is 11.8 Å². The first-order valence-corrected chi connectivity index (χ1v) is 10.4. The summed E-state index contributed by atoms with van der Waals surface area (Å²) in [5, 5.41) is 20.9. The van der Waals surface area contributed by atoms with Crippen molar-refractivity contribution >= 4 is 5.69 Å². The summed E-state index contributed by atoms with van der Waals surface area (Å²) >= 11 is 0. The first kappa shape index (κ1) is 21.1. The first-order valence-electron chi connectivity index (χ1n) is 10.4. The zero-order chi connectivity index (χ0) is 20.8. The van der Waals surface area contributed by atoms with Crippen molar-refractivity contribution < 1.29 is 14.9 Å². The van der Waals surface area contributed by atoms with Gasteiger partial charge in [0.2, 0.25) is 0 Å². The lowest BCUT2D eigenvalue weighted by atomic mass is 10.1. The maximum atomic E-state index is 10.5. The molecule has 6 heteroatoms. The average Bonchev–Trinajstić information content (AvgIpc) is 2.95. The molecule has 0 bridgehead atoms. The molecule has 0 amide bonds. The molecule has 0 spiro atoms. The average molecular weight is 400 g/mol. The standard InChI is InChI=1S/C23H33N3O3/c1-4-5-9-19-18(2)22(27)26(23(19)28)13-8-12-24-14-16-25(17-15-24)20-10-6-7-11-21(20)29-3/h4-7,10-11,27-28H,8-9,12-17H2,1-3H3. The van der Waals surface area contributed by atoms with Crippen molar-refractivity contribution in [1.82, 2.24) is 9.47 Å². The third-order valence-electron chi connectivity index (χ3n) is 5.78. The monoisotopic (exact) mass is 399 g/mol. The summed E-state index contributed by atoms with van der Waals surface area (Å²) < 4.78 is 7.13. The number of rotatable bonds is 8. The lowest BCUT2D eigenvalue weighted by Crippen LogP contribution is -2.46. The van der Waals surface area contributed by atoms with Crippen LogP contribution in [0.3, 0.4) is 0 Å². The Morgan fingerprint density at radius 1 is 1.03 bits per heavy atom. The minimum atomic E-state index is 0.183. The van der Waals surface area contributed by atoms with E-state index in [9.17, 15) is 10.2 Å². The zero-order valence-corrected chi connectivity index (χ0v) is 17.8. The van der Waals surface area contributed by atoms with E-state index < -0.39 is 0 Å². The molecule has 158 valence electrons. The number of methoxy groups -OCH3 is 1. The van der Waals surface area contributed by atoms with Crippen LogP contribution in [0.4, 0.5) is 5.69 Å². The number of ether oxygens (including phenoxy) is 1. The number of piperazine rings is 1. The van der Waals surface area contributed by atoms with Gasteiger partial charge in [0.1, 0.15) is 5.75 Å². The van der Waals surface area contributed by atoms with Gasteiger partial charge in [0, 0.05) is 43.9 Å². The molecule has 0 unspecified atom stereocenters. The highest BCUT2D eigenvalue weighted by Gasteiger charge is 2.21. The van der Waals surface area contributed by atoms with Crippen molar-refractivity contribution in [3.8, 4) is 17.5 Å². The van der Waals surface area contributed by atoms with Crippen molar-refractivity contribution in [3.05, 3.63) is 47.5 Å². The third-order valence-corrected chi connectivity index (χ3v) is 5.78. The van der Waals surface area contributed by atoms with Gasteiger partial charge < -0.3 is 19.8 Å². The maximum absolute atomic E-state index is 10.5. The summed E-state index contributed by atoms with van der Waals surface area (Å²) in [6, 6.07) is 8.16. The highest BCUT2D eigenvalue weighted by atomic mass is 16.5. The second-order valence-electron chi connectivity index (χ2n) is 7.53. The Labute approximate surface area is 173 Å². The second kappa shape index (κ2) is 9.74. The van der Waals surface area contributed by atoms with Crippen LogP contribution in [0, 0.1) is 6.92 Å². The van der Waals surface area contributed by atoms with Crippen molar-refractivity contribution in [2.24, 2.45) is 0 Å². The molecule has 0 atom stereocenters. The number of anilines is 1. The molecule has 1 aliphatic heterocycles. The molecular weight excluding hydrogens is 366 g/mol. The molecule has 0 saturated carbocycles. The Morgan fingerprint density at radius 2 is 1.76 bits per heavy atom. The van der Waals surface area contributed by atoms with Gasteiger partial charge in [0.05, 0.1) is 12.8 Å². The normalized spacial score (nSPS) is 15.3. The van der Waals surface area contributed by atoms with Gasteiger partial charge in [0.25, 0.3) is 0 Å². The Bertz CT molecular complexity index is 836. The second-order valence-corrected chi connectivity index (χ2v) is 7.53. The molecule has 1 aliphatic rings. The zero-order valence-electron chi connectivity index (χ0n) is 17.8. The Morgan fingerprint density at radius 3 is 2.45 bits per heavy atom. The summed E-state index contributed by atoms with van der Waals surface area (Å²) in [4.78, 5) is 4.81. The molecule has 1 fully saturated rings. The van der Waals surface area contributed by atoms with E-state index in [2.05, 4.69) is 15.9 Å². The number of hydrogen-bond donors (Lipinski definition) is 2. The van der Waals surface area contributed by atoms with E-state index in [1.165, 1.54) is 0 Å². The summed E-state index contributed by atoms with van der Waals surface area (Å²) in [6.07, 6.45) is 5.47. The fraction of sp³-hybridized carbons (Fsp3) is 0.478. The van der Waals surface area contributed by atoms with Crippen LogP contribution in [0.2, 0.25) is 0 Å². The van der Waals surface area contributed by atoms with Gasteiger partial charge in [-0.3, -0.25) is 9.47 Å². The number of aromatic nitrogens is 1. The van der Waals surface area contributed by atoms with Crippen LogP contribution in [0.15, 0.2) is 36.4 Å². The van der Waals surface area contributed by atoms with Crippen LogP contribution in [0.25, 0.3) is 0 Å². The van der Waals surface area contributed by atoms with E-state index >= 15 is 0 Å². The lowest BCUT2D eigenvalue weighted by Gasteiger charge is -2.36. The van der Waals surface area contributed by atoms with Gasteiger partial charge in [-0.15, -0.1) is 0 Å². The first-order chi connectivity index (χ1) is 14.1. The van der Waals surface area contributed by atoms with Crippen LogP contribution >= 0.6 is 0 Å². The number of nitrogens with zero attached hydrogens (tertiary/aromatic N) is 3. The molecule has 6 nitrogen and oxygen atoms in total. The van der Waals surface area contributed by atoms with Gasteiger partial charge in [-0.25, -0.2) is 0 Å². The molecule has 2 heterocycles. The molecule has 1 saturated heterocycles. The quantitative estimate of drug-likeness (QED) is 0.665. The SMILES string of the molecule is CC=CCc1c(C)c(O)n(CCCN2CCN(c3ccccc3OC)CC2)c1O. The Hall–Kier alpha value is -2.60. The van der Waals surface area contributed by atoms with Crippen LogP contribution in [0.1, 0.15) is 24.5 Å². The number of allylic oxidation sites excluding steroid dienone is 2. The summed E-state index contributed by atoms with van der Waals surface area (Å²) in [5.41, 5.74) is 2.73. The molecule has 2 aromatic rings. The molecular formula is C23H33N3O3. The highest BCUT2D eigenvalue weighted by molar-refractivity contribution is 5.58. The fourth-order valence-corrected chi connectivity index (χ4v) is 4.02. The van der Waals surface area contributed by atoms with Crippen molar-refractivity contribution in [1.29, 1.82) is 0 Å². The summed E-state index contributed by atoms with van der Waals surface area (Å²) in [5.74, 6) is 1.30. The van der Waals surface area contributed by atoms with Gasteiger partial charge in [-0.2, -0.15) is 0 Å². The largest absolute Gasteiger partial charge is 0.495 e. The van der Waals surface area contributed by atoms with E-state index in [0.29, 0.717) is 13.0 Å². The summed E-state index contributed by atoms with van der Waals surface area (Å²) in [7, 11) is 1.72. The minimum Gasteiger partial charge on any atom is -0.495 e. The van der Waals surface area contributed by atoms with Crippen molar-refractivity contribution in [2.45, 2.75) is 33.2 Å². The van der Waals surface area contributed by atoms with E-state index in [4.69, 9.17) is 4.74 Å². The topological polar surface area (TPSA) is 61.1 Å². The molecule has 1 aromatic heterocycles. The van der Waals surface area contributed by atoms with Gasteiger partial charge in [-0.1, -0.05) is 24.3 Å².